The molecule has 0 unspecified atom stereocenters. The van der Waals surface area contributed by atoms with E-state index in [1.807, 2.05) is 72.8 Å². The predicted octanol–water partition coefficient (Wildman–Crippen LogP) is 2.58. The van der Waals surface area contributed by atoms with Crippen LogP contribution in [0, 0.1) is 0 Å². The summed E-state index contributed by atoms with van der Waals surface area (Å²) in [6.07, 6.45) is 0. The molecule has 0 fully saturated rings. The molecule has 0 atom stereocenters. The van der Waals surface area contributed by atoms with Crippen molar-refractivity contribution in [1.29, 1.82) is 0 Å². The van der Waals surface area contributed by atoms with Crippen molar-refractivity contribution in [3.8, 4) is 5.75 Å². The van der Waals surface area contributed by atoms with Crippen LogP contribution in [-0.4, -0.2) is 18.9 Å². The van der Waals surface area contributed by atoms with Crippen molar-refractivity contribution in [1.82, 2.24) is 0 Å². The summed E-state index contributed by atoms with van der Waals surface area (Å²) < 4.78 is 10.9. The molecule has 0 saturated heterocycles. The van der Waals surface area contributed by atoms with Gasteiger partial charge in [0.25, 0.3) is 0 Å². The van der Waals surface area contributed by atoms with E-state index >= 15 is 0 Å². The number of rotatable bonds is 5. The lowest BCUT2D eigenvalue weighted by atomic mass is 9.80. The minimum absolute atomic E-state index is 0.00985. The number of hydrogen-bond acceptors (Lipinski definition) is 3. The Hall–Kier alpha value is -2.30. The Morgan fingerprint density at radius 3 is 2.38 bits per heavy atom. The number of fused-ring (bicyclic) bond motifs is 1. The Bertz CT molecular complexity index is 710. The van der Waals surface area contributed by atoms with E-state index < -0.39 is 7.12 Å². The van der Waals surface area contributed by atoms with Crippen LogP contribution >= 0.6 is 0 Å². The van der Waals surface area contributed by atoms with Crippen molar-refractivity contribution in [3.05, 3.63) is 72.8 Å². The first kappa shape index (κ1) is 13.7. The third-order valence-electron chi connectivity index (χ3n) is 3.27. The standard InChI is InChI=1S/C17H15BO3/c19-18(15-9-2-1-3-10-15)21-13-20-17-12-6-8-14-7-4-5-11-16(14)17/h1-12,19H,13H2. The zero-order valence-electron chi connectivity index (χ0n) is 11.5. The topological polar surface area (TPSA) is 38.7 Å². The third-order valence-corrected chi connectivity index (χ3v) is 3.27. The van der Waals surface area contributed by atoms with Crippen molar-refractivity contribution in [3.63, 3.8) is 0 Å². The van der Waals surface area contributed by atoms with Crippen LogP contribution in [0.15, 0.2) is 72.8 Å². The Morgan fingerprint density at radius 2 is 1.52 bits per heavy atom. The fourth-order valence-corrected chi connectivity index (χ4v) is 2.20. The average molecular weight is 278 g/mol. The Kier molecular flexibility index (Phi) is 4.19. The largest absolute Gasteiger partial charge is 0.493 e. The van der Waals surface area contributed by atoms with Crippen LogP contribution in [0.3, 0.4) is 0 Å². The molecule has 0 bridgehead atoms. The highest BCUT2D eigenvalue weighted by Crippen LogP contribution is 2.24. The average Bonchev–Trinajstić information content (AvgIpc) is 2.56. The second-order valence-corrected chi connectivity index (χ2v) is 4.67. The van der Waals surface area contributed by atoms with Gasteiger partial charge in [0.1, 0.15) is 5.75 Å². The highest BCUT2D eigenvalue weighted by Gasteiger charge is 2.15. The van der Waals surface area contributed by atoms with Crippen LogP contribution in [0.2, 0.25) is 0 Å². The Balaban J connectivity index is 1.65. The summed E-state index contributed by atoms with van der Waals surface area (Å²) in [6.45, 7) is -0.00985. The number of ether oxygens (including phenoxy) is 1. The van der Waals surface area contributed by atoms with E-state index in [0.29, 0.717) is 5.46 Å². The molecular weight excluding hydrogens is 263 g/mol. The summed E-state index contributed by atoms with van der Waals surface area (Å²) in [4.78, 5) is 0. The van der Waals surface area contributed by atoms with Crippen LogP contribution in [-0.2, 0) is 4.65 Å². The van der Waals surface area contributed by atoms with Crippen LogP contribution in [0.25, 0.3) is 10.8 Å². The minimum Gasteiger partial charge on any atom is -0.468 e. The fraction of sp³-hybridized carbons (Fsp3) is 0.0588. The van der Waals surface area contributed by atoms with Gasteiger partial charge in [-0.2, -0.15) is 0 Å². The van der Waals surface area contributed by atoms with Crippen molar-refractivity contribution < 1.29 is 14.4 Å². The molecule has 0 saturated carbocycles. The third kappa shape index (κ3) is 3.24. The van der Waals surface area contributed by atoms with Gasteiger partial charge in [0.15, 0.2) is 6.79 Å². The van der Waals surface area contributed by atoms with Gasteiger partial charge < -0.3 is 14.4 Å². The maximum atomic E-state index is 9.91. The molecule has 0 aliphatic rings. The summed E-state index contributed by atoms with van der Waals surface area (Å²) in [6, 6.07) is 23.1. The summed E-state index contributed by atoms with van der Waals surface area (Å²) in [7, 11) is -0.985. The van der Waals surface area contributed by atoms with Gasteiger partial charge in [-0.15, -0.1) is 0 Å². The first-order chi connectivity index (χ1) is 10.3. The predicted molar refractivity (Wildman–Crippen MR) is 84.6 cm³/mol. The zero-order valence-corrected chi connectivity index (χ0v) is 11.5. The molecule has 104 valence electrons. The van der Waals surface area contributed by atoms with Gasteiger partial charge in [0.05, 0.1) is 0 Å². The summed E-state index contributed by atoms with van der Waals surface area (Å²) in [5.74, 6) is 0.744. The lowest BCUT2D eigenvalue weighted by Crippen LogP contribution is -2.34. The maximum Gasteiger partial charge on any atom is 0.493 e. The molecule has 0 heterocycles. The molecule has 3 nitrogen and oxygen atoms in total. The highest BCUT2D eigenvalue weighted by molar-refractivity contribution is 6.59. The Morgan fingerprint density at radius 1 is 0.810 bits per heavy atom. The monoisotopic (exact) mass is 278 g/mol. The number of hydrogen-bond donors (Lipinski definition) is 1. The molecule has 0 radical (unpaired) electrons. The molecular formula is C17H15BO3. The normalized spacial score (nSPS) is 10.5. The lowest BCUT2D eigenvalue weighted by molar-refractivity contribution is 0.104. The molecule has 1 N–H and O–H groups in total. The molecule has 3 rings (SSSR count). The molecule has 3 aromatic rings. The van der Waals surface area contributed by atoms with Crippen LogP contribution in [0.4, 0.5) is 0 Å². The van der Waals surface area contributed by atoms with Gasteiger partial charge in [-0.3, -0.25) is 0 Å². The molecule has 0 amide bonds. The van der Waals surface area contributed by atoms with Crippen LogP contribution in [0.5, 0.6) is 5.75 Å². The second kappa shape index (κ2) is 6.44. The van der Waals surface area contributed by atoms with E-state index in [2.05, 4.69) is 0 Å². The van der Waals surface area contributed by atoms with Gasteiger partial charge in [0.2, 0.25) is 0 Å². The smallest absolute Gasteiger partial charge is 0.468 e. The zero-order chi connectivity index (χ0) is 14.5. The van der Waals surface area contributed by atoms with E-state index in [0.717, 1.165) is 16.5 Å². The van der Waals surface area contributed by atoms with Gasteiger partial charge >= 0.3 is 7.12 Å². The fourth-order valence-electron chi connectivity index (χ4n) is 2.20. The molecule has 0 aromatic heterocycles. The quantitative estimate of drug-likeness (QED) is 0.576. The molecule has 0 aliphatic heterocycles. The van der Waals surface area contributed by atoms with E-state index in [9.17, 15) is 5.02 Å². The minimum atomic E-state index is -0.985. The van der Waals surface area contributed by atoms with Crippen molar-refractivity contribution >= 4 is 23.4 Å². The molecule has 0 aliphatic carbocycles. The second-order valence-electron chi connectivity index (χ2n) is 4.67. The van der Waals surface area contributed by atoms with E-state index in [1.54, 1.807) is 0 Å². The van der Waals surface area contributed by atoms with Crippen molar-refractivity contribution in [2.75, 3.05) is 6.79 Å². The Labute approximate surface area is 123 Å². The molecule has 21 heavy (non-hydrogen) atoms. The summed E-state index contributed by atoms with van der Waals surface area (Å²) in [5.41, 5.74) is 0.707. The molecule has 4 heteroatoms. The highest BCUT2D eigenvalue weighted by atomic mass is 16.7. The van der Waals surface area contributed by atoms with Crippen LogP contribution < -0.4 is 10.2 Å². The van der Waals surface area contributed by atoms with E-state index in [4.69, 9.17) is 9.39 Å². The van der Waals surface area contributed by atoms with E-state index in [1.165, 1.54) is 0 Å². The van der Waals surface area contributed by atoms with Crippen molar-refractivity contribution in [2.24, 2.45) is 0 Å². The van der Waals surface area contributed by atoms with E-state index in [-0.39, 0.29) is 6.79 Å². The lowest BCUT2D eigenvalue weighted by Gasteiger charge is -2.11. The van der Waals surface area contributed by atoms with Crippen molar-refractivity contribution in [2.45, 2.75) is 0 Å². The number of benzene rings is 3. The molecule has 3 aromatic carbocycles. The van der Waals surface area contributed by atoms with Gasteiger partial charge in [0, 0.05) is 5.39 Å². The first-order valence-electron chi connectivity index (χ1n) is 6.80. The van der Waals surface area contributed by atoms with Gasteiger partial charge in [-0.1, -0.05) is 66.7 Å². The first-order valence-corrected chi connectivity index (χ1v) is 6.80. The van der Waals surface area contributed by atoms with Gasteiger partial charge in [-0.25, -0.2) is 0 Å². The SMILES string of the molecule is OB(OCOc1cccc2ccccc12)c1ccccc1. The maximum absolute atomic E-state index is 9.91. The summed E-state index contributed by atoms with van der Waals surface area (Å²) >= 11 is 0. The molecule has 0 spiro atoms. The van der Waals surface area contributed by atoms with Gasteiger partial charge in [-0.05, 0) is 16.9 Å². The summed E-state index contributed by atoms with van der Waals surface area (Å²) in [5, 5.41) is 12.0. The van der Waals surface area contributed by atoms with Crippen LogP contribution in [0.1, 0.15) is 0 Å².